The van der Waals surface area contributed by atoms with Gasteiger partial charge in [0, 0.05) is 23.6 Å². The number of aryl methyl sites for hydroxylation is 1. The molecule has 2 aromatic carbocycles. The second-order valence-electron chi connectivity index (χ2n) is 6.70. The fraction of sp³-hybridized carbons (Fsp3) is 0.273. The van der Waals surface area contributed by atoms with E-state index in [0.29, 0.717) is 13.2 Å². The Bertz CT molecular complexity index is 1100. The molecule has 1 aromatic heterocycles. The minimum Gasteiger partial charge on any atom is -0.435 e. The Labute approximate surface area is 176 Å². The molecule has 30 heavy (non-hydrogen) atoms. The van der Waals surface area contributed by atoms with Crippen molar-refractivity contribution in [1.82, 2.24) is 4.68 Å². The van der Waals surface area contributed by atoms with Crippen LogP contribution in [0.3, 0.4) is 0 Å². The van der Waals surface area contributed by atoms with Gasteiger partial charge in [-0.25, -0.2) is 4.68 Å². The summed E-state index contributed by atoms with van der Waals surface area (Å²) < 4.78 is 36.3. The minimum atomic E-state index is -2.85. The van der Waals surface area contributed by atoms with Crippen molar-refractivity contribution in [2.75, 3.05) is 20.3 Å². The number of thiazole rings is 1. The lowest BCUT2D eigenvalue weighted by atomic mass is 10.1. The van der Waals surface area contributed by atoms with Gasteiger partial charge in [0.15, 0.2) is 0 Å². The maximum Gasteiger partial charge on any atom is 0.387 e. The number of alkyl halides is 2. The van der Waals surface area contributed by atoms with E-state index in [1.165, 1.54) is 29.0 Å². The van der Waals surface area contributed by atoms with Gasteiger partial charge in [-0.2, -0.15) is 13.9 Å². The van der Waals surface area contributed by atoms with E-state index in [-0.39, 0.29) is 5.75 Å². The molecule has 8 heteroatoms. The first-order valence-electron chi connectivity index (χ1n) is 9.57. The quantitative estimate of drug-likeness (QED) is 0.517. The summed E-state index contributed by atoms with van der Waals surface area (Å²) in [5, 5.41) is 6.91. The molecule has 0 saturated heterocycles. The number of methoxy groups -OCH3 is 1. The lowest BCUT2D eigenvalue weighted by Crippen LogP contribution is -2.15. The summed E-state index contributed by atoms with van der Waals surface area (Å²) in [6.45, 7) is -1.80. The van der Waals surface area contributed by atoms with E-state index in [2.05, 4.69) is 21.9 Å². The standard InChI is InChI=1S/C22H21F2N3O2S/c1-28-13-12-25-22-27(26-19-11-8-15-4-2-3-5-18(15)19)20(14-30-22)16-6-9-17(10-7-16)29-21(23)24/h2-7,9-10,14,21H,8,11-13H2,1H3/b25-22?,26-19-. The summed E-state index contributed by atoms with van der Waals surface area (Å²) in [6, 6.07) is 14.8. The van der Waals surface area contributed by atoms with Crippen LogP contribution in [0.15, 0.2) is 64.0 Å². The van der Waals surface area contributed by atoms with Crippen molar-refractivity contribution in [3.8, 4) is 17.0 Å². The van der Waals surface area contributed by atoms with Crippen molar-refractivity contribution in [2.45, 2.75) is 19.5 Å². The maximum absolute atomic E-state index is 12.4. The summed E-state index contributed by atoms with van der Waals surface area (Å²) in [7, 11) is 1.64. The van der Waals surface area contributed by atoms with Gasteiger partial charge in [0.1, 0.15) is 5.75 Å². The van der Waals surface area contributed by atoms with Crippen LogP contribution in [0, 0.1) is 0 Å². The van der Waals surface area contributed by atoms with Gasteiger partial charge in [-0.15, -0.1) is 11.3 Å². The Morgan fingerprint density at radius 1 is 1.10 bits per heavy atom. The Morgan fingerprint density at radius 3 is 2.67 bits per heavy atom. The number of rotatable bonds is 7. The van der Waals surface area contributed by atoms with Crippen LogP contribution in [0.1, 0.15) is 17.5 Å². The number of fused-ring (bicyclic) bond motifs is 1. The highest BCUT2D eigenvalue weighted by molar-refractivity contribution is 7.07. The van der Waals surface area contributed by atoms with Crippen LogP contribution in [-0.4, -0.2) is 37.3 Å². The van der Waals surface area contributed by atoms with Crippen LogP contribution in [0.2, 0.25) is 0 Å². The van der Waals surface area contributed by atoms with Crippen LogP contribution < -0.4 is 9.54 Å². The van der Waals surface area contributed by atoms with Crippen molar-refractivity contribution in [3.63, 3.8) is 0 Å². The van der Waals surface area contributed by atoms with Gasteiger partial charge in [0.05, 0.1) is 24.6 Å². The van der Waals surface area contributed by atoms with Crippen LogP contribution in [0.5, 0.6) is 5.75 Å². The summed E-state index contributed by atoms with van der Waals surface area (Å²) in [5.41, 5.74) is 5.15. The Balaban J connectivity index is 1.75. The topological polar surface area (TPSA) is 48.1 Å². The smallest absolute Gasteiger partial charge is 0.387 e. The zero-order valence-electron chi connectivity index (χ0n) is 16.4. The molecule has 0 aliphatic heterocycles. The number of halogens is 2. The van der Waals surface area contributed by atoms with Crippen molar-refractivity contribution >= 4 is 17.0 Å². The van der Waals surface area contributed by atoms with Crippen LogP contribution in [0.25, 0.3) is 11.3 Å². The van der Waals surface area contributed by atoms with Gasteiger partial charge in [0.2, 0.25) is 4.80 Å². The molecule has 0 spiro atoms. The number of aromatic nitrogens is 1. The lowest BCUT2D eigenvalue weighted by molar-refractivity contribution is -0.0498. The minimum absolute atomic E-state index is 0.122. The van der Waals surface area contributed by atoms with E-state index >= 15 is 0 Å². The van der Waals surface area contributed by atoms with Gasteiger partial charge >= 0.3 is 6.61 Å². The summed E-state index contributed by atoms with van der Waals surface area (Å²) in [6.07, 6.45) is 1.82. The fourth-order valence-electron chi connectivity index (χ4n) is 3.37. The van der Waals surface area contributed by atoms with Crippen LogP contribution >= 0.6 is 11.3 Å². The summed E-state index contributed by atoms with van der Waals surface area (Å²) in [4.78, 5) is 5.38. The summed E-state index contributed by atoms with van der Waals surface area (Å²) >= 11 is 1.48. The first kappa shape index (κ1) is 20.4. The molecule has 5 nitrogen and oxygen atoms in total. The average molecular weight is 429 g/mol. The van der Waals surface area contributed by atoms with Gasteiger partial charge in [-0.05, 0) is 42.7 Å². The molecular weight excluding hydrogens is 408 g/mol. The third-order valence-electron chi connectivity index (χ3n) is 4.78. The number of ether oxygens (including phenoxy) is 2. The monoisotopic (exact) mass is 429 g/mol. The van der Waals surface area contributed by atoms with Crippen molar-refractivity contribution in [2.24, 2.45) is 10.1 Å². The largest absolute Gasteiger partial charge is 0.435 e. The Hall–Kier alpha value is -2.84. The van der Waals surface area contributed by atoms with Gasteiger partial charge in [0.25, 0.3) is 0 Å². The molecule has 0 bridgehead atoms. The molecular formula is C22H21F2N3O2S. The normalized spacial score (nSPS) is 15.2. The molecule has 156 valence electrons. The molecule has 0 atom stereocenters. The number of hydrogen-bond acceptors (Lipinski definition) is 5. The van der Waals surface area contributed by atoms with Crippen LogP contribution in [-0.2, 0) is 11.2 Å². The highest BCUT2D eigenvalue weighted by Crippen LogP contribution is 2.26. The molecule has 1 heterocycles. The Morgan fingerprint density at radius 2 is 1.90 bits per heavy atom. The number of nitrogens with zero attached hydrogens (tertiary/aromatic N) is 3. The second-order valence-corrected chi connectivity index (χ2v) is 7.53. The van der Waals surface area contributed by atoms with E-state index in [1.807, 2.05) is 22.2 Å². The molecule has 0 fully saturated rings. The third kappa shape index (κ3) is 4.49. The maximum atomic E-state index is 12.4. The highest BCUT2D eigenvalue weighted by Gasteiger charge is 2.18. The van der Waals surface area contributed by atoms with Crippen molar-refractivity contribution in [1.29, 1.82) is 0 Å². The molecule has 0 saturated carbocycles. The predicted octanol–water partition coefficient (Wildman–Crippen LogP) is 4.56. The summed E-state index contributed by atoms with van der Waals surface area (Å²) in [5.74, 6) is 0.122. The van der Waals surface area contributed by atoms with E-state index in [9.17, 15) is 8.78 Å². The Kier molecular flexibility index (Phi) is 6.35. The third-order valence-corrected chi connectivity index (χ3v) is 5.64. The number of benzene rings is 2. The van der Waals surface area contributed by atoms with E-state index in [1.54, 1.807) is 19.2 Å². The van der Waals surface area contributed by atoms with Crippen molar-refractivity contribution < 1.29 is 18.3 Å². The SMILES string of the molecule is COCCN=c1scc(-c2ccc(OC(F)F)cc2)n1/N=C1/CCc2ccccc21. The molecule has 0 amide bonds. The van der Waals surface area contributed by atoms with Gasteiger partial charge in [-0.1, -0.05) is 24.3 Å². The average Bonchev–Trinajstić information content (AvgIpc) is 3.33. The first-order chi connectivity index (χ1) is 14.7. The molecule has 0 radical (unpaired) electrons. The molecule has 4 rings (SSSR count). The molecule has 1 aliphatic rings. The molecule has 1 aliphatic carbocycles. The van der Waals surface area contributed by atoms with E-state index in [0.717, 1.165) is 40.2 Å². The highest BCUT2D eigenvalue weighted by atomic mass is 32.1. The van der Waals surface area contributed by atoms with E-state index < -0.39 is 6.61 Å². The number of hydrogen-bond donors (Lipinski definition) is 0. The fourth-order valence-corrected chi connectivity index (χ4v) is 4.23. The van der Waals surface area contributed by atoms with Crippen molar-refractivity contribution in [3.05, 3.63) is 69.8 Å². The second kappa shape index (κ2) is 9.32. The van der Waals surface area contributed by atoms with Gasteiger partial charge in [-0.3, -0.25) is 4.99 Å². The zero-order valence-corrected chi connectivity index (χ0v) is 17.2. The van der Waals surface area contributed by atoms with Crippen LogP contribution in [0.4, 0.5) is 8.78 Å². The molecule has 0 N–H and O–H groups in total. The first-order valence-corrected chi connectivity index (χ1v) is 10.4. The van der Waals surface area contributed by atoms with Gasteiger partial charge < -0.3 is 9.47 Å². The zero-order chi connectivity index (χ0) is 20.9. The molecule has 3 aromatic rings. The molecule has 0 unspecified atom stereocenters. The predicted molar refractivity (Wildman–Crippen MR) is 113 cm³/mol. The lowest BCUT2D eigenvalue weighted by Gasteiger charge is -2.08. The van der Waals surface area contributed by atoms with E-state index in [4.69, 9.17) is 9.84 Å².